The summed E-state index contributed by atoms with van der Waals surface area (Å²) in [4.78, 5) is 8.49. The first-order valence-electron chi connectivity index (χ1n) is 6.56. The van der Waals surface area contributed by atoms with Gasteiger partial charge in [-0.2, -0.15) is 0 Å². The Labute approximate surface area is 130 Å². The van der Waals surface area contributed by atoms with E-state index in [4.69, 9.17) is 0 Å². The van der Waals surface area contributed by atoms with Gasteiger partial charge < -0.3 is 10.4 Å². The Morgan fingerprint density at radius 3 is 2.81 bits per heavy atom. The van der Waals surface area contributed by atoms with Gasteiger partial charge in [-0.15, -0.1) is 0 Å². The lowest BCUT2D eigenvalue weighted by molar-refractivity contribution is 0.471. The highest BCUT2D eigenvalue weighted by Crippen LogP contribution is 2.25. The van der Waals surface area contributed by atoms with Crippen molar-refractivity contribution in [3.63, 3.8) is 0 Å². The first-order valence-corrected chi connectivity index (χ1v) is 7.35. The first-order chi connectivity index (χ1) is 10.0. The summed E-state index contributed by atoms with van der Waals surface area (Å²) in [6.07, 6.45) is 5.46. The van der Waals surface area contributed by atoms with E-state index in [2.05, 4.69) is 31.2 Å². The minimum Gasteiger partial charge on any atom is -0.508 e. The van der Waals surface area contributed by atoms with Gasteiger partial charge in [0.1, 0.15) is 10.4 Å². The lowest BCUT2D eigenvalue weighted by Gasteiger charge is -2.11. The Morgan fingerprint density at radius 2 is 2.00 bits per heavy atom. The second-order valence-corrected chi connectivity index (χ2v) is 5.81. The summed E-state index contributed by atoms with van der Waals surface area (Å²) in [5, 5.41) is 13.1. The van der Waals surface area contributed by atoms with E-state index >= 15 is 0 Å². The van der Waals surface area contributed by atoms with Crippen LogP contribution in [0.2, 0.25) is 0 Å². The third-order valence-corrected chi connectivity index (χ3v) is 3.85. The van der Waals surface area contributed by atoms with Gasteiger partial charge in [-0.3, -0.25) is 4.40 Å². The molecule has 3 aromatic rings. The van der Waals surface area contributed by atoms with Crippen LogP contribution in [0.5, 0.6) is 5.75 Å². The lowest BCUT2D eigenvalue weighted by atomic mass is 10.1. The van der Waals surface area contributed by atoms with Crippen LogP contribution in [0.25, 0.3) is 5.65 Å². The molecule has 6 heteroatoms. The second-order valence-electron chi connectivity index (χ2n) is 4.99. The number of hydrogen-bond acceptors (Lipinski definition) is 4. The number of nitrogens with one attached hydrogen (secondary N) is 1. The molecule has 0 aliphatic carbocycles. The van der Waals surface area contributed by atoms with Gasteiger partial charge in [-0.05, 0) is 53.0 Å². The van der Waals surface area contributed by atoms with Gasteiger partial charge in [0.25, 0.3) is 0 Å². The standard InChI is InChI=1S/C15H15BrN4O/c1-9-4-13(21)10(2)3-12(9)17-5-11-6-19-15-7-18-14(16)8-20(11)15/h3-4,6-8,17,21H,5H2,1-2H3. The van der Waals surface area contributed by atoms with Gasteiger partial charge in [0.15, 0.2) is 5.65 Å². The van der Waals surface area contributed by atoms with E-state index in [9.17, 15) is 5.11 Å². The SMILES string of the molecule is Cc1cc(NCc2cnc3cnc(Br)cn23)c(C)cc1O. The lowest BCUT2D eigenvalue weighted by Crippen LogP contribution is -2.04. The molecule has 2 heterocycles. The average molecular weight is 347 g/mol. The van der Waals surface area contributed by atoms with Gasteiger partial charge in [0, 0.05) is 11.9 Å². The number of anilines is 1. The molecule has 0 atom stereocenters. The Hall–Kier alpha value is -2.08. The van der Waals surface area contributed by atoms with Crippen LogP contribution in [0.15, 0.2) is 35.3 Å². The molecular weight excluding hydrogens is 332 g/mol. The van der Waals surface area contributed by atoms with Crippen LogP contribution in [0.3, 0.4) is 0 Å². The number of hydrogen-bond donors (Lipinski definition) is 2. The summed E-state index contributed by atoms with van der Waals surface area (Å²) in [5.41, 5.74) is 4.73. The molecule has 3 rings (SSSR count). The quantitative estimate of drug-likeness (QED) is 0.713. The average Bonchev–Trinajstić information content (AvgIpc) is 2.84. The number of imidazole rings is 1. The van der Waals surface area contributed by atoms with Crippen molar-refractivity contribution in [3.05, 3.63) is 52.1 Å². The summed E-state index contributed by atoms with van der Waals surface area (Å²) >= 11 is 3.37. The molecule has 0 spiro atoms. The predicted octanol–water partition coefficient (Wildman–Crippen LogP) is 3.43. The van der Waals surface area contributed by atoms with Crippen molar-refractivity contribution in [2.45, 2.75) is 20.4 Å². The maximum Gasteiger partial charge on any atom is 0.155 e. The topological polar surface area (TPSA) is 62.5 Å². The normalized spacial score (nSPS) is 11.0. The third-order valence-electron chi connectivity index (χ3n) is 3.44. The minimum atomic E-state index is 0.322. The van der Waals surface area contributed by atoms with Crippen LogP contribution in [0.1, 0.15) is 16.8 Å². The molecule has 1 aromatic carbocycles. The highest BCUT2D eigenvalue weighted by atomic mass is 79.9. The zero-order valence-corrected chi connectivity index (χ0v) is 13.3. The van der Waals surface area contributed by atoms with E-state index in [1.807, 2.05) is 36.7 Å². The number of nitrogens with zero attached hydrogens (tertiary/aromatic N) is 3. The van der Waals surface area contributed by atoms with Crippen LogP contribution in [-0.2, 0) is 6.54 Å². The summed E-state index contributed by atoms with van der Waals surface area (Å²) in [6, 6.07) is 3.72. The molecular formula is C15H15BrN4O. The van der Waals surface area contributed by atoms with E-state index in [1.54, 1.807) is 12.3 Å². The fourth-order valence-electron chi connectivity index (χ4n) is 2.22. The zero-order chi connectivity index (χ0) is 15.0. The molecule has 2 aromatic heterocycles. The Morgan fingerprint density at radius 1 is 1.19 bits per heavy atom. The first kappa shape index (κ1) is 13.9. The predicted molar refractivity (Wildman–Crippen MR) is 85.6 cm³/mol. The van der Waals surface area contributed by atoms with Gasteiger partial charge in [0.05, 0.1) is 24.6 Å². The molecule has 5 nitrogen and oxygen atoms in total. The number of halogens is 1. The molecule has 0 saturated carbocycles. The molecule has 108 valence electrons. The van der Waals surface area contributed by atoms with Crippen molar-refractivity contribution in [3.8, 4) is 5.75 Å². The van der Waals surface area contributed by atoms with Crippen LogP contribution < -0.4 is 5.32 Å². The molecule has 21 heavy (non-hydrogen) atoms. The largest absolute Gasteiger partial charge is 0.508 e. The van der Waals surface area contributed by atoms with Gasteiger partial charge in [0.2, 0.25) is 0 Å². The fraction of sp³-hybridized carbons (Fsp3) is 0.200. The van der Waals surface area contributed by atoms with E-state index < -0.39 is 0 Å². The maximum atomic E-state index is 9.69. The van der Waals surface area contributed by atoms with Crippen LogP contribution >= 0.6 is 15.9 Å². The van der Waals surface area contributed by atoms with Crippen molar-refractivity contribution >= 4 is 27.3 Å². The molecule has 0 unspecified atom stereocenters. The van der Waals surface area contributed by atoms with Crippen molar-refractivity contribution in [2.24, 2.45) is 0 Å². The molecule has 0 aliphatic rings. The van der Waals surface area contributed by atoms with Crippen molar-refractivity contribution in [1.29, 1.82) is 0 Å². The monoisotopic (exact) mass is 346 g/mol. The van der Waals surface area contributed by atoms with Crippen LogP contribution in [-0.4, -0.2) is 19.5 Å². The number of benzene rings is 1. The molecule has 0 aliphatic heterocycles. The van der Waals surface area contributed by atoms with E-state index in [1.165, 1.54) is 0 Å². The van der Waals surface area contributed by atoms with E-state index in [0.717, 1.165) is 32.8 Å². The number of aromatic hydroxyl groups is 1. The minimum absolute atomic E-state index is 0.322. The highest BCUT2D eigenvalue weighted by molar-refractivity contribution is 9.10. The van der Waals surface area contributed by atoms with Crippen molar-refractivity contribution in [2.75, 3.05) is 5.32 Å². The van der Waals surface area contributed by atoms with Gasteiger partial charge >= 0.3 is 0 Å². The Kier molecular flexibility index (Phi) is 3.55. The second kappa shape index (κ2) is 5.37. The molecule has 0 amide bonds. The number of fused-ring (bicyclic) bond motifs is 1. The summed E-state index contributed by atoms with van der Waals surface area (Å²) < 4.78 is 2.76. The van der Waals surface area contributed by atoms with Crippen LogP contribution in [0.4, 0.5) is 5.69 Å². The van der Waals surface area contributed by atoms with Gasteiger partial charge in [-0.1, -0.05) is 0 Å². The number of phenolic OH excluding ortho intramolecular Hbond substituents is 1. The molecule has 2 N–H and O–H groups in total. The van der Waals surface area contributed by atoms with Crippen molar-refractivity contribution < 1.29 is 5.11 Å². The van der Waals surface area contributed by atoms with Gasteiger partial charge in [-0.25, -0.2) is 9.97 Å². The smallest absolute Gasteiger partial charge is 0.155 e. The fourth-order valence-corrected chi connectivity index (χ4v) is 2.53. The van der Waals surface area contributed by atoms with Crippen LogP contribution in [0, 0.1) is 13.8 Å². The third kappa shape index (κ3) is 2.71. The van der Waals surface area contributed by atoms with Crippen molar-refractivity contribution in [1.82, 2.24) is 14.4 Å². The molecule has 0 radical (unpaired) electrons. The zero-order valence-electron chi connectivity index (χ0n) is 11.8. The summed E-state index contributed by atoms with van der Waals surface area (Å²) in [6.45, 7) is 4.50. The number of rotatable bonds is 3. The summed E-state index contributed by atoms with van der Waals surface area (Å²) in [5.74, 6) is 0.322. The number of phenols is 1. The highest BCUT2D eigenvalue weighted by Gasteiger charge is 2.07. The van der Waals surface area contributed by atoms with E-state index in [-0.39, 0.29) is 0 Å². The molecule has 0 saturated heterocycles. The number of aromatic nitrogens is 3. The summed E-state index contributed by atoms with van der Waals surface area (Å²) in [7, 11) is 0. The molecule has 0 fully saturated rings. The number of aryl methyl sites for hydroxylation is 2. The van der Waals surface area contributed by atoms with E-state index in [0.29, 0.717) is 12.3 Å². The molecule has 0 bridgehead atoms. The maximum absolute atomic E-state index is 9.69. The Balaban J connectivity index is 1.87. The Bertz CT molecular complexity index is 813.